The van der Waals surface area contributed by atoms with E-state index < -0.39 is 33.1 Å². The van der Waals surface area contributed by atoms with Gasteiger partial charge in [0.05, 0.1) is 10.5 Å². The van der Waals surface area contributed by atoms with E-state index in [2.05, 4.69) is 10.0 Å². The molecule has 28 heavy (non-hydrogen) atoms. The Morgan fingerprint density at radius 1 is 0.893 bits per heavy atom. The summed E-state index contributed by atoms with van der Waals surface area (Å²) in [7, 11) is -3.96. The second kappa shape index (κ2) is 8.28. The maximum absolute atomic E-state index is 14.1. The van der Waals surface area contributed by atoms with Crippen molar-refractivity contribution in [2.24, 2.45) is 0 Å². The van der Waals surface area contributed by atoms with Crippen molar-refractivity contribution in [3.05, 3.63) is 95.6 Å². The Morgan fingerprint density at radius 3 is 2.25 bits per heavy atom. The molecule has 0 unspecified atom stereocenters. The summed E-state index contributed by atoms with van der Waals surface area (Å²) in [6.07, 6.45) is 0. The molecule has 8 heteroatoms. The van der Waals surface area contributed by atoms with Crippen LogP contribution in [0.5, 0.6) is 0 Å². The van der Waals surface area contributed by atoms with E-state index in [0.29, 0.717) is 0 Å². The minimum atomic E-state index is -3.96. The maximum atomic E-state index is 14.1. The van der Waals surface area contributed by atoms with Crippen molar-refractivity contribution in [2.75, 3.05) is 5.32 Å². The Kier molecular flexibility index (Phi) is 5.81. The fraction of sp³-hybridized carbons (Fsp3) is 0.0500. The zero-order chi connectivity index (χ0) is 20.1. The molecule has 0 radical (unpaired) electrons. The quantitative estimate of drug-likeness (QED) is 0.660. The monoisotopic (exact) mass is 402 g/mol. The molecule has 3 aromatic carbocycles. The van der Waals surface area contributed by atoms with Crippen LogP contribution in [0.1, 0.15) is 15.9 Å². The van der Waals surface area contributed by atoms with E-state index in [1.54, 1.807) is 24.3 Å². The molecule has 3 rings (SSSR count). The van der Waals surface area contributed by atoms with Gasteiger partial charge in [-0.25, -0.2) is 21.9 Å². The molecule has 0 bridgehead atoms. The Bertz CT molecular complexity index is 1090. The van der Waals surface area contributed by atoms with Gasteiger partial charge in [-0.3, -0.25) is 4.79 Å². The molecule has 5 nitrogen and oxygen atoms in total. The molecule has 1 amide bonds. The highest BCUT2D eigenvalue weighted by Gasteiger charge is 2.19. The van der Waals surface area contributed by atoms with Crippen LogP contribution in [-0.2, 0) is 16.6 Å². The highest BCUT2D eigenvalue weighted by molar-refractivity contribution is 7.89. The van der Waals surface area contributed by atoms with Gasteiger partial charge in [0, 0.05) is 12.2 Å². The lowest BCUT2D eigenvalue weighted by Gasteiger charge is -2.10. The minimum Gasteiger partial charge on any atom is -0.322 e. The third-order valence-corrected chi connectivity index (χ3v) is 5.30. The molecule has 2 N–H and O–H groups in total. The van der Waals surface area contributed by atoms with Crippen molar-refractivity contribution in [1.29, 1.82) is 0 Å². The highest BCUT2D eigenvalue weighted by atomic mass is 32.2. The number of benzene rings is 3. The lowest BCUT2D eigenvalue weighted by atomic mass is 10.2. The SMILES string of the molecule is O=C(Nc1ccc(F)cc1)c1cc(S(=O)(=O)NCc2ccccc2)ccc1F. The average Bonchev–Trinajstić information content (AvgIpc) is 2.69. The Balaban J connectivity index is 1.79. The number of hydrogen-bond donors (Lipinski definition) is 2. The van der Waals surface area contributed by atoms with Gasteiger partial charge >= 0.3 is 0 Å². The van der Waals surface area contributed by atoms with Gasteiger partial charge in [0.15, 0.2) is 0 Å². The largest absolute Gasteiger partial charge is 0.322 e. The van der Waals surface area contributed by atoms with E-state index in [1.807, 2.05) is 6.07 Å². The van der Waals surface area contributed by atoms with E-state index >= 15 is 0 Å². The van der Waals surface area contributed by atoms with Crippen molar-refractivity contribution >= 4 is 21.6 Å². The molecule has 0 aromatic heterocycles. The number of halogens is 2. The normalized spacial score (nSPS) is 11.2. The third kappa shape index (κ3) is 4.79. The summed E-state index contributed by atoms with van der Waals surface area (Å²) in [5.41, 5.74) is 0.565. The summed E-state index contributed by atoms with van der Waals surface area (Å²) in [5, 5.41) is 2.40. The lowest BCUT2D eigenvalue weighted by molar-refractivity contribution is 0.102. The topological polar surface area (TPSA) is 75.3 Å². The van der Waals surface area contributed by atoms with Gasteiger partial charge in [-0.2, -0.15) is 0 Å². The van der Waals surface area contributed by atoms with E-state index in [-0.39, 0.29) is 17.1 Å². The first-order valence-electron chi connectivity index (χ1n) is 8.25. The van der Waals surface area contributed by atoms with Crippen LogP contribution in [0.4, 0.5) is 14.5 Å². The van der Waals surface area contributed by atoms with Gasteiger partial charge in [0.2, 0.25) is 10.0 Å². The zero-order valence-electron chi connectivity index (χ0n) is 14.5. The number of carbonyl (C=O) groups excluding carboxylic acids is 1. The summed E-state index contributed by atoms with van der Waals surface area (Å²) in [6, 6.07) is 16.7. The van der Waals surface area contributed by atoms with Crippen LogP contribution < -0.4 is 10.0 Å². The number of carbonyl (C=O) groups is 1. The zero-order valence-corrected chi connectivity index (χ0v) is 15.3. The van der Waals surface area contributed by atoms with Gasteiger partial charge in [0.25, 0.3) is 5.91 Å². The first kappa shape index (κ1) is 19.7. The second-order valence-corrected chi connectivity index (χ2v) is 7.68. The molecule has 0 heterocycles. The summed E-state index contributed by atoms with van der Waals surface area (Å²) < 4.78 is 54.4. The molecular weight excluding hydrogens is 386 g/mol. The second-order valence-electron chi connectivity index (χ2n) is 5.91. The summed E-state index contributed by atoms with van der Waals surface area (Å²) >= 11 is 0. The van der Waals surface area contributed by atoms with Crippen molar-refractivity contribution in [1.82, 2.24) is 4.72 Å². The molecule has 0 aliphatic rings. The van der Waals surface area contributed by atoms with Crippen LogP contribution in [0.2, 0.25) is 0 Å². The van der Waals surface area contributed by atoms with Crippen LogP contribution in [0.3, 0.4) is 0 Å². The van der Waals surface area contributed by atoms with E-state index in [0.717, 1.165) is 35.9 Å². The van der Waals surface area contributed by atoms with Crippen molar-refractivity contribution in [2.45, 2.75) is 11.4 Å². The minimum absolute atomic E-state index is 0.0532. The lowest BCUT2D eigenvalue weighted by Crippen LogP contribution is -2.24. The summed E-state index contributed by atoms with van der Waals surface area (Å²) in [5.74, 6) is -2.20. The van der Waals surface area contributed by atoms with Crippen LogP contribution in [0, 0.1) is 11.6 Å². The Labute approximate surface area is 161 Å². The van der Waals surface area contributed by atoms with Gasteiger partial charge in [-0.1, -0.05) is 30.3 Å². The fourth-order valence-corrected chi connectivity index (χ4v) is 3.48. The van der Waals surface area contributed by atoms with Gasteiger partial charge < -0.3 is 5.32 Å². The molecule has 0 saturated heterocycles. The predicted molar refractivity (Wildman–Crippen MR) is 101 cm³/mol. The highest BCUT2D eigenvalue weighted by Crippen LogP contribution is 2.18. The fourth-order valence-electron chi connectivity index (χ4n) is 2.43. The van der Waals surface area contributed by atoms with E-state index in [4.69, 9.17) is 0 Å². The number of nitrogens with one attached hydrogen (secondary N) is 2. The first-order valence-corrected chi connectivity index (χ1v) is 9.73. The molecule has 3 aromatic rings. The number of anilines is 1. The third-order valence-electron chi connectivity index (χ3n) is 3.90. The molecule has 0 atom stereocenters. The first-order chi connectivity index (χ1) is 13.3. The molecular formula is C20H16F2N2O3S. The number of hydrogen-bond acceptors (Lipinski definition) is 3. The molecule has 0 aliphatic carbocycles. The van der Waals surface area contributed by atoms with Gasteiger partial charge in [-0.05, 0) is 48.0 Å². The molecule has 0 saturated carbocycles. The average molecular weight is 402 g/mol. The molecule has 0 aliphatic heterocycles. The Hall–Kier alpha value is -3.10. The number of rotatable bonds is 6. The Morgan fingerprint density at radius 2 is 1.57 bits per heavy atom. The summed E-state index contributed by atoms with van der Waals surface area (Å²) in [4.78, 5) is 12.1. The molecule has 0 fully saturated rings. The predicted octanol–water partition coefficient (Wildman–Crippen LogP) is 3.70. The molecule has 144 valence electrons. The maximum Gasteiger partial charge on any atom is 0.258 e. The van der Waals surface area contributed by atoms with Crippen LogP contribution >= 0.6 is 0 Å². The van der Waals surface area contributed by atoms with Crippen LogP contribution in [-0.4, -0.2) is 14.3 Å². The van der Waals surface area contributed by atoms with E-state index in [1.165, 1.54) is 12.1 Å². The smallest absolute Gasteiger partial charge is 0.258 e. The van der Waals surface area contributed by atoms with Crippen molar-refractivity contribution < 1.29 is 22.0 Å². The molecule has 0 spiro atoms. The standard InChI is InChI=1S/C20H16F2N2O3S/c21-15-6-8-16(9-7-15)24-20(25)18-12-17(10-11-19(18)22)28(26,27)23-13-14-4-2-1-3-5-14/h1-12,23H,13H2,(H,24,25). The van der Waals surface area contributed by atoms with Gasteiger partial charge in [0.1, 0.15) is 11.6 Å². The summed E-state index contributed by atoms with van der Waals surface area (Å²) in [6.45, 7) is 0.0532. The van der Waals surface area contributed by atoms with Crippen molar-refractivity contribution in [3.63, 3.8) is 0 Å². The van der Waals surface area contributed by atoms with Gasteiger partial charge in [-0.15, -0.1) is 0 Å². The van der Waals surface area contributed by atoms with Crippen LogP contribution in [0.25, 0.3) is 0 Å². The number of sulfonamides is 1. The van der Waals surface area contributed by atoms with Crippen molar-refractivity contribution in [3.8, 4) is 0 Å². The number of amides is 1. The van der Waals surface area contributed by atoms with E-state index in [9.17, 15) is 22.0 Å². The van der Waals surface area contributed by atoms with Crippen LogP contribution in [0.15, 0.2) is 77.7 Å².